The van der Waals surface area contributed by atoms with Gasteiger partial charge < -0.3 is 14.6 Å². The van der Waals surface area contributed by atoms with Gasteiger partial charge in [0.1, 0.15) is 6.29 Å². The molecule has 1 aliphatic rings. The maximum Gasteiger partial charge on any atom is 0.126 e. The summed E-state index contributed by atoms with van der Waals surface area (Å²) in [5, 5.41) is 8.68. The zero-order valence-corrected chi connectivity index (χ0v) is 11.5. The highest BCUT2D eigenvalue weighted by Crippen LogP contribution is 2.34. The first-order chi connectivity index (χ1) is 8.83. The van der Waals surface area contributed by atoms with Gasteiger partial charge in [0.2, 0.25) is 0 Å². The molecule has 0 amide bonds. The van der Waals surface area contributed by atoms with Gasteiger partial charge in [0, 0.05) is 25.2 Å². The number of hydrogen-bond acceptors (Lipinski definition) is 3. The van der Waals surface area contributed by atoms with Crippen molar-refractivity contribution in [2.75, 3.05) is 19.8 Å². The highest BCUT2D eigenvalue weighted by molar-refractivity contribution is 5.59. The predicted octanol–water partition coefficient (Wildman–Crippen LogP) is 3.10. The van der Waals surface area contributed by atoms with E-state index in [9.17, 15) is 4.79 Å². The average Bonchev–Trinajstić information content (AvgIpc) is 2.64. The lowest BCUT2D eigenvalue weighted by Crippen LogP contribution is -2.23. The van der Waals surface area contributed by atoms with E-state index in [-0.39, 0.29) is 5.41 Å². The number of unbranched alkanes of at least 4 members (excludes halogenated alkanes) is 5. The molecule has 1 saturated heterocycles. The van der Waals surface area contributed by atoms with E-state index in [0.717, 1.165) is 58.2 Å². The van der Waals surface area contributed by atoms with Crippen LogP contribution in [0.15, 0.2) is 0 Å². The van der Waals surface area contributed by atoms with Crippen LogP contribution in [0, 0.1) is 5.41 Å². The third-order valence-electron chi connectivity index (χ3n) is 4.04. The van der Waals surface area contributed by atoms with Gasteiger partial charge in [-0.2, -0.15) is 0 Å². The van der Waals surface area contributed by atoms with Gasteiger partial charge in [-0.15, -0.1) is 0 Å². The van der Waals surface area contributed by atoms with Crippen molar-refractivity contribution in [3.05, 3.63) is 0 Å². The summed E-state index contributed by atoms with van der Waals surface area (Å²) < 4.78 is 5.44. The maximum absolute atomic E-state index is 11.4. The van der Waals surface area contributed by atoms with Crippen molar-refractivity contribution >= 4 is 6.29 Å². The van der Waals surface area contributed by atoms with Crippen molar-refractivity contribution < 1.29 is 14.6 Å². The molecule has 1 aliphatic heterocycles. The van der Waals surface area contributed by atoms with E-state index >= 15 is 0 Å². The van der Waals surface area contributed by atoms with E-state index in [4.69, 9.17) is 9.84 Å². The van der Waals surface area contributed by atoms with E-state index < -0.39 is 0 Å². The quantitative estimate of drug-likeness (QED) is 0.509. The van der Waals surface area contributed by atoms with Gasteiger partial charge in [-0.05, 0) is 32.1 Å². The number of hydrogen-bond donors (Lipinski definition) is 1. The molecule has 0 bridgehead atoms. The molecule has 1 fully saturated rings. The number of carbonyl (C=O) groups excluding carboxylic acids is 1. The van der Waals surface area contributed by atoms with E-state index in [1.165, 1.54) is 25.5 Å². The Morgan fingerprint density at radius 2 is 1.72 bits per heavy atom. The smallest absolute Gasteiger partial charge is 0.126 e. The summed E-state index contributed by atoms with van der Waals surface area (Å²) >= 11 is 0. The summed E-state index contributed by atoms with van der Waals surface area (Å²) in [6.45, 7) is 1.88. The van der Waals surface area contributed by atoms with Crippen molar-refractivity contribution in [2.45, 2.75) is 64.2 Å². The Hall–Kier alpha value is -0.410. The molecular formula is C15H28O3. The van der Waals surface area contributed by atoms with Crippen LogP contribution in [-0.4, -0.2) is 31.2 Å². The monoisotopic (exact) mass is 256 g/mol. The van der Waals surface area contributed by atoms with E-state index in [1.54, 1.807) is 0 Å². The molecule has 0 spiro atoms. The molecule has 3 nitrogen and oxygen atoms in total. The first-order valence-electron chi connectivity index (χ1n) is 7.48. The number of aldehydes is 1. The highest BCUT2D eigenvalue weighted by Gasteiger charge is 2.30. The molecule has 0 radical (unpaired) electrons. The third-order valence-corrected chi connectivity index (χ3v) is 4.04. The first kappa shape index (κ1) is 15.6. The van der Waals surface area contributed by atoms with Gasteiger partial charge in [-0.1, -0.05) is 32.1 Å². The summed E-state index contributed by atoms with van der Waals surface area (Å²) in [7, 11) is 0. The molecule has 0 saturated carbocycles. The molecule has 1 unspecified atom stereocenters. The Balaban J connectivity index is 2.12. The highest BCUT2D eigenvalue weighted by atomic mass is 16.5. The zero-order chi connectivity index (χ0) is 13.1. The fourth-order valence-corrected chi connectivity index (χ4v) is 2.75. The minimum Gasteiger partial charge on any atom is -0.396 e. The molecule has 18 heavy (non-hydrogen) atoms. The minimum absolute atomic E-state index is 0.0956. The number of rotatable bonds is 9. The zero-order valence-electron chi connectivity index (χ0n) is 11.5. The Morgan fingerprint density at radius 1 is 1.00 bits per heavy atom. The molecule has 106 valence electrons. The lowest BCUT2D eigenvalue weighted by molar-refractivity contribution is -0.117. The maximum atomic E-state index is 11.4. The molecular weight excluding hydrogens is 228 g/mol. The molecule has 1 heterocycles. The number of aliphatic hydroxyl groups is 1. The normalized spacial score (nSPS) is 24.7. The van der Waals surface area contributed by atoms with Crippen LogP contribution in [0.1, 0.15) is 64.2 Å². The molecule has 0 aliphatic carbocycles. The topological polar surface area (TPSA) is 46.5 Å². The number of ether oxygens (including phenoxy) is 1. The summed E-state index contributed by atoms with van der Waals surface area (Å²) in [6.07, 6.45) is 12.0. The number of aliphatic hydroxyl groups excluding tert-OH is 1. The van der Waals surface area contributed by atoms with E-state index in [1.807, 2.05) is 0 Å². The van der Waals surface area contributed by atoms with Crippen LogP contribution < -0.4 is 0 Å². The molecule has 1 atom stereocenters. The lowest BCUT2D eigenvalue weighted by Gasteiger charge is -2.25. The van der Waals surface area contributed by atoms with Crippen LogP contribution in [-0.2, 0) is 9.53 Å². The average molecular weight is 256 g/mol. The summed E-state index contributed by atoms with van der Waals surface area (Å²) in [4.78, 5) is 11.4. The second-order valence-electron chi connectivity index (χ2n) is 5.54. The van der Waals surface area contributed by atoms with Crippen LogP contribution in [0.5, 0.6) is 0 Å². The van der Waals surface area contributed by atoms with Crippen molar-refractivity contribution in [3.63, 3.8) is 0 Å². The lowest BCUT2D eigenvalue weighted by atomic mass is 9.78. The van der Waals surface area contributed by atoms with Crippen LogP contribution in [0.25, 0.3) is 0 Å². The van der Waals surface area contributed by atoms with Crippen LogP contribution in [0.4, 0.5) is 0 Å². The second kappa shape index (κ2) is 9.51. The predicted molar refractivity (Wildman–Crippen MR) is 72.6 cm³/mol. The SMILES string of the molecule is O=CC1(CCCCCCCCO)CCCOCC1. The van der Waals surface area contributed by atoms with Gasteiger partial charge in [0.05, 0.1) is 0 Å². The van der Waals surface area contributed by atoms with Crippen molar-refractivity contribution in [1.29, 1.82) is 0 Å². The Labute approximate surface area is 111 Å². The van der Waals surface area contributed by atoms with Gasteiger partial charge in [0.15, 0.2) is 0 Å². The van der Waals surface area contributed by atoms with Gasteiger partial charge in [0.25, 0.3) is 0 Å². The second-order valence-corrected chi connectivity index (χ2v) is 5.54. The van der Waals surface area contributed by atoms with Crippen molar-refractivity contribution in [1.82, 2.24) is 0 Å². The van der Waals surface area contributed by atoms with E-state index in [2.05, 4.69) is 0 Å². The van der Waals surface area contributed by atoms with Gasteiger partial charge in [-0.3, -0.25) is 0 Å². The van der Waals surface area contributed by atoms with Gasteiger partial charge >= 0.3 is 0 Å². The molecule has 0 aromatic carbocycles. The number of carbonyl (C=O) groups is 1. The summed E-state index contributed by atoms with van der Waals surface area (Å²) in [5.74, 6) is 0. The van der Waals surface area contributed by atoms with Crippen molar-refractivity contribution in [2.24, 2.45) is 5.41 Å². The minimum atomic E-state index is -0.0956. The van der Waals surface area contributed by atoms with E-state index in [0.29, 0.717) is 6.61 Å². The Bertz CT molecular complexity index is 208. The van der Waals surface area contributed by atoms with Gasteiger partial charge in [-0.25, -0.2) is 0 Å². The third kappa shape index (κ3) is 5.96. The largest absolute Gasteiger partial charge is 0.396 e. The van der Waals surface area contributed by atoms with Crippen molar-refractivity contribution in [3.8, 4) is 0 Å². The molecule has 1 N–H and O–H groups in total. The molecule has 0 aromatic rings. The standard InChI is InChI=1S/C15H28O3/c16-11-6-4-2-1-3-5-8-15(14-17)9-7-12-18-13-10-15/h14,16H,1-13H2. The Morgan fingerprint density at radius 3 is 2.44 bits per heavy atom. The summed E-state index contributed by atoms with van der Waals surface area (Å²) in [6, 6.07) is 0. The molecule has 1 rings (SSSR count). The van der Waals surface area contributed by atoms with Crippen LogP contribution >= 0.6 is 0 Å². The summed E-state index contributed by atoms with van der Waals surface area (Å²) in [5.41, 5.74) is -0.0956. The first-order valence-corrected chi connectivity index (χ1v) is 7.48. The van der Waals surface area contributed by atoms with Crippen LogP contribution in [0.3, 0.4) is 0 Å². The molecule has 3 heteroatoms. The molecule has 0 aromatic heterocycles. The van der Waals surface area contributed by atoms with Crippen LogP contribution in [0.2, 0.25) is 0 Å². The Kier molecular flexibility index (Phi) is 8.27. The fraction of sp³-hybridized carbons (Fsp3) is 0.933. The fourth-order valence-electron chi connectivity index (χ4n) is 2.75.